The average molecular weight is 216 g/mol. The molecule has 0 radical (unpaired) electrons. The first-order chi connectivity index (χ1) is 7.74. The summed E-state index contributed by atoms with van der Waals surface area (Å²) in [5.74, 6) is 1.67. The van der Waals surface area contributed by atoms with Crippen molar-refractivity contribution in [1.29, 1.82) is 5.26 Å². The lowest BCUT2D eigenvalue weighted by atomic mass is 10.3. The molecule has 84 valence electrons. The quantitative estimate of drug-likeness (QED) is 0.833. The maximum absolute atomic E-state index is 8.88. The minimum atomic E-state index is 0.326. The zero-order valence-electron chi connectivity index (χ0n) is 9.48. The van der Waals surface area contributed by atoms with Crippen LogP contribution in [0.1, 0.15) is 25.5 Å². The number of hydrogen-bond acceptors (Lipinski definition) is 4. The second kappa shape index (κ2) is 4.40. The molecule has 1 aliphatic rings. The summed E-state index contributed by atoms with van der Waals surface area (Å²) in [6.45, 7) is 4.06. The van der Waals surface area contributed by atoms with E-state index in [4.69, 9.17) is 11.0 Å². The molecule has 0 spiro atoms. The van der Waals surface area contributed by atoms with Crippen LogP contribution in [-0.4, -0.2) is 18.1 Å². The smallest absolute Gasteiger partial charge is 0.165 e. The zero-order valence-corrected chi connectivity index (χ0v) is 9.48. The lowest BCUT2D eigenvalue weighted by molar-refractivity contribution is 0.732. The van der Waals surface area contributed by atoms with Gasteiger partial charge in [0.1, 0.15) is 11.9 Å². The Hall–Kier alpha value is -1.76. The van der Waals surface area contributed by atoms with Crippen LogP contribution in [0.5, 0.6) is 0 Å². The van der Waals surface area contributed by atoms with Crippen molar-refractivity contribution >= 4 is 11.5 Å². The lowest BCUT2D eigenvalue weighted by Gasteiger charge is -2.21. The van der Waals surface area contributed by atoms with Crippen LogP contribution < -0.4 is 10.6 Å². The Morgan fingerprint density at radius 3 is 2.88 bits per heavy atom. The summed E-state index contributed by atoms with van der Waals surface area (Å²) >= 11 is 0. The fourth-order valence-electron chi connectivity index (χ4n) is 1.72. The average Bonchev–Trinajstić information content (AvgIpc) is 3.11. The van der Waals surface area contributed by atoms with Gasteiger partial charge in [-0.15, -0.1) is 0 Å². The van der Waals surface area contributed by atoms with E-state index in [-0.39, 0.29) is 0 Å². The number of nitrogens with two attached hydrogens (primary N) is 1. The van der Waals surface area contributed by atoms with E-state index >= 15 is 0 Å². The van der Waals surface area contributed by atoms with E-state index in [1.165, 1.54) is 12.8 Å². The molecule has 1 aromatic rings. The number of pyridine rings is 1. The molecule has 2 N–H and O–H groups in total. The summed E-state index contributed by atoms with van der Waals surface area (Å²) in [7, 11) is 0. The third-order valence-corrected chi connectivity index (χ3v) is 2.90. The van der Waals surface area contributed by atoms with Crippen molar-refractivity contribution in [3.63, 3.8) is 0 Å². The fraction of sp³-hybridized carbons (Fsp3) is 0.500. The molecule has 0 aromatic carbocycles. The molecule has 16 heavy (non-hydrogen) atoms. The van der Waals surface area contributed by atoms with Crippen LogP contribution in [0.4, 0.5) is 11.5 Å². The number of nitrogen functional groups attached to an aromatic ring is 1. The van der Waals surface area contributed by atoms with E-state index in [2.05, 4.69) is 16.8 Å². The zero-order chi connectivity index (χ0) is 11.5. The van der Waals surface area contributed by atoms with Crippen LogP contribution in [0.3, 0.4) is 0 Å². The van der Waals surface area contributed by atoms with E-state index in [1.54, 1.807) is 6.07 Å². The van der Waals surface area contributed by atoms with Crippen molar-refractivity contribution in [2.24, 2.45) is 5.92 Å². The number of rotatable bonds is 4. The second-order valence-corrected chi connectivity index (χ2v) is 4.20. The van der Waals surface area contributed by atoms with Crippen molar-refractivity contribution in [1.82, 2.24) is 4.98 Å². The molecule has 0 aliphatic heterocycles. The van der Waals surface area contributed by atoms with Crippen molar-refractivity contribution in [3.8, 4) is 6.07 Å². The van der Waals surface area contributed by atoms with Crippen LogP contribution in [0.25, 0.3) is 0 Å². The van der Waals surface area contributed by atoms with E-state index in [1.807, 2.05) is 12.1 Å². The summed E-state index contributed by atoms with van der Waals surface area (Å²) in [6, 6.07) is 5.67. The third kappa shape index (κ3) is 2.25. The van der Waals surface area contributed by atoms with Crippen molar-refractivity contribution in [2.45, 2.75) is 19.8 Å². The topological polar surface area (TPSA) is 65.9 Å². The Labute approximate surface area is 95.7 Å². The summed E-state index contributed by atoms with van der Waals surface area (Å²) in [4.78, 5) is 6.49. The second-order valence-electron chi connectivity index (χ2n) is 4.20. The number of hydrogen-bond donors (Lipinski definition) is 1. The van der Waals surface area contributed by atoms with Crippen LogP contribution in [-0.2, 0) is 0 Å². The van der Waals surface area contributed by atoms with Gasteiger partial charge < -0.3 is 10.6 Å². The van der Waals surface area contributed by atoms with Gasteiger partial charge in [-0.3, -0.25) is 0 Å². The summed E-state index contributed by atoms with van der Waals surface area (Å²) in [5, 5.41) is 8.88. The summed E-state index contributed by atoms with van der Waals surface area (Å²) < 4.78 is 0. The van der Waals surface area contributed by atoms with Crippen molar-refractivity contribution < 1.29 is 0 Å². The first kappa shape index (κ1) is 10.7. The molecule has 1 saturated carbocycles. The Morgan fingerprint density at radius 2 is 2.31 bits per heavy atom. The normalized spacial score (nSPS) is 14.5. The van der Waals surface area contributed by atoms with E-state index in [0.29, 0.717) is 11.4 Å². The van der Waals surface area contributed by atoms with Gasteiger partial charge in [0.05, 0.1) is 5.69 Å². The molecule has 1 aliphatic carbocycles. The van der Waals surface area contributed by atoms with E-state index < -0.39 is 0 Å². The molecule has 0 atom stereocenters. The van der Waals surface area contributed by atoms with Crippen LogP contribution in [0.15, 0.2) is 12.1 Å². The molecule has 0 bridgehead atoms. The van der Waals surface area contributed by atoms with Gasteiger partial charge in [0.15, 0.2) is 5.69 Å². The number of aromatic nitrogens is 1. The Balaban J connectivity index is 2.20. The number of anilines is 2. The summed E-state index contributed by atoms with van der Waals surface area (Å²) in [6.07, 6.45) is 2.63. The van der Waals surface area contributed by atoms with Gasteiger partial charge in [0.25, 0.3) is 0 Å². The molecule has 0 saturated heterocycles. The third-order valence-electron chi connectivity index (χ3n) is 2.90. The molecule has 1 aromatic heterocycles. The first-order valence-electron chi connectivity index (χ1n) is 5.66. The molecule has 0 amide bonds. The molecule has 4 nitrogen and oxygen atoms in total. The highest BCUT2D eigenvalue weighted by Crippen LogP contribution is 2.31. The SMILES string of the molecule is CCN(CC1CC1)c1ccc(N)c(C#N)n1. The monoisotopic (exact) mass is 216 g/mol. The minimum absolute atomic E-state index is 0.326. The molecular weight excluding hydrogens is 200 g/mol. The Kier molecular flexibility index (Phi) is 2.95. The van der Waals surface area contributed by atoms with Gasteiger partial charge in [0, 0.05) is 13.1 Å². The van der Waals surface area contributed by atoms with Crippen molar-refractivity contribution in [3.05, 3.63) is 17.8 Å². The predicted molar refractivity (Wildman–Crippen MR) is 64.0 cm³/mol. The molecular formula is C12H16N4. The van der Waals surface area contributed by atoms with E-state index in [0.717, 1.165) is 24.8 Å². The van der Waals surface area contributed by atoms with Gasteiger partial charge in [-0.2, -0.15) is 5.26 Å². The number of nitriles is 1. The van der Waals surface area contributed by atoms with Gasteiger partial charge in [-0.1, -0.05) is 0 Å². The van der Waals surface area contributed by atoms with Gasteiger partial charge in [-0.05, 0) is 37.8 Å². The van der Waals surface area contributed by atoms with Gasteiger partial charge >= 0.3 is 0 Å². The molecule has 0 unspecified atom stereocenters. The fourth-order valence-corrected chi connectivity index (χ4v) is 1.72. The molecule has 2 rings (SSSR count). The Morgan fingerprint density at radius 1 is 1.56 bits per heavy atom. The predicted octanol–water partition coefficient (Wildman–Crippen LogP) is 1.77. The first-order valence-corrected chi connectivity index (χ1v) is 5.66. The maximum atomic E-state index is 8.88. The largest absolute Gasteiger partial charge is 0.396 e. The highest BCUT2D eigenvalue weighted by Gasteiger charge is 2.24. The summed E-state index contributed by atoms with van der Waals surface area (Å²) in [5.41, 5.74) is 6.43. The standard InChI is InChI=1S/C12H16N4/c1-2-16(8-9-3-4-9)12-6-5-10(14)11(7-13)15-12/h5-6,9H,2-4,8,14H2,1H3. The Bertz CT molecular complexity index is 418. The van der Waals surface area contributed by atoms with Crippen LogP contribution >= 0.6 is 0 Å². The molecule has 1 heterocycles. The van der Waals surface area contributed by atoms with E-state index in [9.17, 15) is 0 Å². The highest BCUT2D eigenvalue weighted by molar-refractivity contribution is 5.55. The van der Waals surface area contributed by atoms with Crippen LogP contribution in [0.2, 0.25) is 0 Å². The maximum Gasteiger partial charge on any atom is 0.165 e. The van der Waals surface area contributed by atoms with Crippen LogP contribution in [0, 0.1) is 17.2 Å². The minimum Gasteiger partial charge on any atom is -0.396 e. The van der Waals surface area contributed by atoms with Gasteiger partial charge in [0.2, 0.25) is 0 Å². The highest BCUT2D eigenvalue weighted by atomic mass is 15.2. The lowest BCUT2D eigenvalue weighted by Crippen LogP contribution is -2.26. The molecule has 1 fully saturated rings. The van der Waals surface area contributed by atoms with Gasteiger partial charge in [-0.25, -0.2) is 4.98 Å². The molecule has 4 heteroatoms. The number of nitrogens with zero attached hydrogens (tertiary/aromatic N) is 3. The van der Waals surface area contributed by atoms with Crippen molar-refractivity contribution in [2.75, 3.05) is 23.7 Å².